The van der Waals surface area contributed by atoms with Crippen molar-refractivity contribution in [3.05, 3.63) is 29.8 Å². The molecule has 6 heteroatoms. The first-order chi connectivity index (χ1) is 7.69. The summed E-state index contributed by atoms with van der Waals surface area (Å²) in [4.78, 5) is 23.2. The Balaban J connectivity index is 2.83. The van der Waals surface area contributed by atoms with Crippen molar-refractivity contribution in [2.75, 3.05) is 0 Å². The molecule has 0 saturated heterocycles. The van der Waals surface area contributed by atoms with Gasteiger partial charge in [-0.3, -0.25) is 9.59 Å². The van der Waals surface area contributed by atoms with Crippen LogP contribution in [0.4, 0.5) is 0 Å². The van der Waals surface area contributed by atoms with E-state index in [-0.39, 0.29) is 23.4 Å². The minimum absolute atomic E-state index is 0.0127. The maximum Gasteiger partial charge on any atom is 0.240 e. The Morgan fingerprint density at radius 1 is 1.29 bits per heavy atom. The molecule has 1 N–H and O–H groups in total. The highest BCUT2D eigenvalue weighted by molar-refractivity contribution is 14.1. The van der Waals surface area contributed by atoms with E-state index in [1.54, 1.807) is 17.0 Å². The van der Waals surface area contributed by atoms with Crippen molar-refractivity contribution in [3.63, 3.8) is 0 Å². The molecule has 1 aromatic heterocycles. The summed E-state index contributed by atoms with van der Waals surface area (Å²) in [5.74, 6) is -0.0623. The lowest BCUT2D eigenvalue weighted by Gasteiger charge is -2.21. The summed E-state index contributed by atoms with van der Waals surface area (Å²) in [6.07, 6.45) is 3.38. The number of rotatable bonds is 2. The number of aromatic nitrogens is 1. The van der Waals surface area contributed by atoms with Crippen LogP contribution in [-0.4, -0.2) is 16.0 Å². The number of nitrogens with zero attached hydrogens (tertiary/aromatic N) is 1. The van der Waals surface area contributed by atoms with E-state index in [4.69, 9.17) is 0 Å². The van der Waals surface area contributed by atoms with E-state index in [0.29, 0.717) is 7.14 Å². The van der Waals surface area contributed by atoms with Gasteiger partial charge in [0.1, 0.15) is 6.54 Å². The number of amides is 1. The average molecular weight is 460 g/mol. The largest absolute Gasteiger partial charge is 0.350 e. The van der Waals surface area contributed by atoms with E-state index in [1.807, 2.05) is 66.0 Å². The lowest BCUT2D eigenvalue weighted by molar-refractivity contribution is -0.123. The standard InChI is InChI=1S/C11H14I2N2O2/c1-11(2,3)14-9(16)6-15-4-7(12)10(17)8(13)5-15/h4-5H,6H2,1-3H3,(H,14,16). The van der Waals surface area contributed by atoms with Gasteiger partial charge >= 0.3 is 0 Å². The van der Waals surface area contributed by atoms with Crippen LogP contribution in [0.25, 0.3) is 0 Å². The molecule has 0 aliphatic carbocycles. The van der Waals surface area contributed by atoms with E-state index in [2.05, 4.69) is 5.32 Å². The zero-order valence-electron chi connectivity index (χ0n) is 9.88. The summed E-state index contributed by atoms with van der Waals surface area (Å²) >= 11 is 3.96. The Kier molecular flexibility index (Phi) is 4.99. The van der Waals surface area contributed by atoms with Crippen molar-refractivity contribution in [2.24, 2.45) is 0 Å². The normalized spacial score (nSPS) is 11.4. The molecule has 17 heavy (non-hydrogen) atoms. The van der Waals surface area contributed by atoms with Crippen molar-refractivity contribution >= 4 is 51.1 Å². The molecule has 0 atom stereocenters. The molecule has 0 aromatic carbocycles. The minimum Gasteiger partial charge on any atom is -0.350 e. The van der Waals surface area contributed by atoms with Gasteiger partial charge in [-0.2, -0.15) is 0 Å². The lowest BCUT2D eigenvalue weighted by atomic mass is 10.1. The molecular weight excluding hydrogens is 446 g/mol. The first-order valence-corrected chi connectivity index (χ1v) is 7.21. The Hall–Kier alpha value is -0.120. The highest BCUT2D eigenvalue weighted by atomic mass is 127. The van der Waals surface area contributed by atoms with Gasteiger partial charge in [0.25, 0.3) is 0 Å². The molecule has 1 aromatic rings. The van der Waals surface area contributed by atoms with Gasteiger partial charge in [0.15, 0.2) is 0 Å². The minimum atomic E-state index is -0.240. The highest BCUT2D eigenvalue weighted by Gasteiger charge is 2.14. The van der Waals surface area contributed by atoms with Crippen LogP contribution >= 0.6 is 45.2 Å². The van der Waals surface area contributed by atoms with Crippen LogP contribution in [0.2, 0.25) is 0 Å². The Bertz CT molecular complexity index is 463. The zero-order chi connectivity index (χ0) is 13.2. The molecule has 1 amide bonds. The van der Waals surface area contributed by atoms with Crippen molar-refractivity contribution in [3.8, 4) is 0 Å². The Labute approximate surface area is 127 Å². The lowest BCUT2D eigenvalue weighted by Crippen LogP contribution is -2.42. The fraction of sp³-hybridized carbons (Fsp3) is 0.455. The van der Waals surface area contributed by atoms with Crippen LogP contribution in [-0.2, 0) is 11.3 Å². The molecule has 0 aliphatic heterocycles. The average Bonchev–Trinajstić information content (AvgIpc) is 2.10. The van der Waals surface area contributed by atoms with Gasteiger partial charge in [-0.1, -0.05) is 0 Å². The number of nitrogens with one attached hydrogen (secondary N) is 1. The predicted octanol–water partition coefficient (Wildman–Crippen LogP) is 1.97. The van der Waals surface area contributed by atoms with E-state index in [1.165, 1.54) is 0 Å². The molecule has 0 radical (unpaired) electrons. The topological polar surface area (TPSA) is 51.1 Å². The molecule has 94 valence electrons. The number of hydrogen-bond acceptors (Lipinski definition) is 2. The molecule has 4 nitrogen and oxygen atoms in total. The SMILES string of the molecule is CC(C)(C)NC(=O)Cn1cc(I)c(=O)c(I)c1. The predicted molar refractivity (Wildman–Crippen MR) is 84.0 cm³/mol. The van der Waals surface area contributed by atoms with Gasteiger partial charge in [0, 0.05) is 17.9 Å². The van der Waals surface area contributed by atoms with Crippen molar-refractivity contribution < 1.29 is 4.79 Å². The monoisotopic (exact) mass is 460 g/mol. The van der Waals surface area contributed by atoms with Crippen molar-refractivity contribution in [1.29, 1.82) is 0 Å². The Morgan fingerprint density at radius 3 is 2.18 bits per heavy atom. The summed E-state index contributed by atoms with van der Waals surface area (Å²) < 4.78 is 2.97. The van der Waals surface area contributed by atoms with Crippen LogP contribution in [0, 0.1) is 7.14 Å². The maximum atomic E-state index is 11.7. The third-order valence-corrected chi connectivity index (χ3v) is 3.37. The quantitative estimate of drug-likeness (QED) is 0.687. The molecule has 0 spiro atoms. The number of carbonyl (C=O) groups excluding carboxylic acids is 1. The molecule has 1 heterocycles. The van der Waals surface area contributed by atoms with Gasteiger partial charge in [0.05, 0.1) is 7.14 Å². The summed E-state index contributed by atoms with van der Waals surface area (Å²) in [6, 6.07) is 0. The van der Waals surface area contributed by atoms with Gasteiger partial charge in [-0.05, 0) is 66.0 Å². The molecule has 0 unspecified atom stereocenters. The number of pyridine rings is 1. The first-order valence-electron chi connectivity index (χ1n) is 5.05. The van der Waals surface area contributed by atoms with Gasteiger partial charge < -0.3 is 9.88 Å². The summed E-state index contributed by atoms with van der Waals surface area (Å²) in [7, 11) is 0. The van der Waals surface area contributed by atoms with E-state index < -0.39 is 0 Å². The van der Waals surface area contributed by atoms with Crippen LogP contribution in [0.15, 0.2) is 17.2 Å². The summed E-state index contributed by atoms with van der Waals surface area (Å²) in [5, 5.41) is 2.88. The smallest absolute Gasteiger partial charge is 0.240 e. The number of hydrogen-bond donors (Lipinski definition) is 1. The van der Waals surface area contributed by atoms with Crippen LogP contribution < -0.4 is 10.7 Å². The van der Waals surface area contributed by atoms with Crippen molar-refractivity contribution in [1.82, 2.24) is 9.88 Å². The molecular formula is C11H14I2N2O2. The molecule has 1 rings (SSSR count). The van der Waals surface area contributed by atoms with Crippen LogP contribution in [0.3, 0.4) is 0 Å². The summed E-state index contributed by atoms with van der Waals surface area (Å²) in [5.41, 5.74) is -0.227. The number of carbonyl (C=O) groups is 1. The molecule has 0 aliphatic rings. The second-order valence-corrected chi connectivity index (χ2v) is 7.08. The van der Waals surface area contributed by atoms with Crippen molar-refractivity contribution in [2.45, 2.75) is 32.9 Å². The molecule has 0 fully saturated rings. The van der Waals surface area contributed by atoms with Gasteiger partial charge in [-0.25, -0.2) is 0 Å². The Morgan fingerprint density at radius 2 is 1.76 bits per heavy atom. The molecule has 0 saturated carbocycles. The first kappa shape index (κ1) is 14.9. The third-order valence-electron chi connectivity index (χ3n) is 1.83. The fourth-order valence-electron chi connectivity index (χ4n) is 1.27. The maximum absolute atomic E-state index is 11.7. The summed E-state index contributed by atoms with van der Waals surface area (Å²) in [6.45, 7) is 6.03. The number of halogens is 2. The molecule has 0 bridgehead atoms. The highest BCUT2D eigenvalue weighted by Crippen LogP contribution is 2.04. The van der Waals surface area contributed by atoms with Crippen LogP contribution in [0.5, 0.6) is 0 Å². The second kappa shape index (κ2) is 5.68. The van der Waals surface area contributed by atoms with Crippen LogP contribution in [0.1, 0.15) is 20.8 Å². The fourth-order valence-corrected chi connectivity index (χ4v) is 3.09. The zero-order valence-corrected chi connectivity index (χ0v) is 14.2. The van der Waals surface area contributed by atoms with Gasteiger partial charge in [-0.15, -0.1) is 0 Å². The van der Waals surface area contributed by atoms with E-state index in [9.17, 15) is 9.59 Å². The third kappa shape index (κ3) is 4.94. The second-order valence-electron chi connectivity index (χ2n) is 4.75. The van der Waals surface area contributed by atoms with E-state index in [0.717, 1.165) is 0 Å². The van der Waals surface area contributed by atoms with E-state index >= 15 is 0 Å². The van der Waals surface area contributed by atoms with Gasteiger partial charge in [0.2, 0.25) is 11.3 Å².